The van der Waals surface area contributed by atoms with Crippen molar-refractivity contribution in [3.05, 3.63) is 30.7 Å². The van der Waals surface area contributed by atoms with E-state index in [4.69, 9.17) is 0 Å². The maximum absolute atomic E-state index is 4.37. The molecule has 0 aliphatic rings. The van der Waals surface area contributed by atoms with Crippen LogP contribution < -0.4 is 5.32 Å². The highest BCUT2D eigenvalue weighted by Crippen LogP contribution is 2.22. The number of aromatic nitrogens is 6. The van der Waals surface area contributed by atoms with Gasteiger partial charge in [0.05, 0.1) is 17.9 Å². The summed E-state index contributed by atoms with van der Waals surface area (Å²) < 4.78 is 3.85. The standard InChI is InChI=1S/C12H15N7/c1-8(12-17-15-7-19(12)3)16-11-10-9(4-5-13-11)18(2)6-14-10/h4-8H,1-3H3,(H,13,16). The van der Waals surface area contributed by atoms with Crippen LogP contribution >= 0.6 is 0 Å². The van der Waals surface area contributed by atoms with E-state index in [9.17, 15) is 0 Å². The van der Waals surface area contributed by atoms with E-state index in [1.54, 1.807) is 18.9 Å². The number of nitrogens with zero attached hydrogens (tertiary/aromatic N) is 6. The second kappa shape index (κ2) is 4.34. The predicted octanol–water partition coefficient (Wildman–Crippen LogP) is 1.27. The Morgan fingerprint density at radius 1 is 1.16 bits per heavy atom. The summed E-state index contributed by atoms with van der Waals surface area (Å²) in [5, 5.41) is 11.3. The van der Waals surface area contributed by atoms with Crippen molar-refractivity contribution in [3.63, 3.8) is 0 Å². The normalized spacial score (nSPS) is 12.8. The molecular weight excluding hydrogens is 242 g/mol. The predicted molar refractivity (Wildman–Crippen MR) is 71.5 cm³/mol. The number of fused-ring (bicyclic) bond motifs is 1. The quantitative estimate of drug-likeness (QED) is 0.765. The van der Waals surface area contributed by atoms with Gasteiger partial charge < -0.3 is 14.5 Å². The molecule has 3 heterocycles. The Morgan fingerprint density at radius 2 is 2.00 bits per heavy atom. The van der Waals surface area contributed by atoms with E-state index in [2.05, 4.69) is 25.5 Å². The number of imidazole rings is 1. The highest BCUT2D eigenvalue weighted by molar-refractivity contribution is 5.85. The first kappa shape index (κ1) is 11.6. The van der Waals surface area contributed by atoms with Gasteiger partial charge in [-0.3, -0.25) is 0 Å². The monoisotopic (exact) mass is 257 g/mol. The van der Waals surface area contributed by atoms with Crippen LogP contribution in [0.4, 0.5) is 5.82 Å². The fourth-order valence-corrected chi connectivity index (χ4v) is 2.12. The van der Waals surface area contributed by atoms with Gasteiger partial charge >= 0.3 is 0 Å². The lowest BCUT2D eigenvalue weighted by Crippen LogP contribution is -2.13. The summed E-state index contributed by atoms with van der Waals surface area (Å²) in [7, 11) is 3.88. The van der Waals surface area contributed by atoms with Crippen molar-refractivity contribution < 1.29 is 0 Å². The molecule has 98 valence electrons. The molecule has 7 heteroatoms. The largest absolute Gasteiger partial charge is 0.358 e. The summed E-state index contributed by atoms with van der Waals surface area (Å²) >= 11 is 0. The Hall–Kier alpha value is -2.44. The lowest BCUT2D eigenvalue weighted by Gasteiger charge is -2.13. The van der Waals surface area contributed by atoms with E-state index >= 15 is 0 Å². The summed E-state index contributed by atoms with van der Waals surface area (Å²) in [6, 6.07) is 1.95. The van der Waals surface area contributed by atoms with Crippen LogP contribution in [0.5, 0.6) is 0 Å². The minimum Gasteiger partial charge on any atom is -0.358 e. The Labute approximate surface area is 110 Å². The number of pyridine rings is 1. The zero-order valence-electron chi connectivity index (χ0n) is 11.1. The minimum absolute atomic E-state index is 0.00704. The Bertz CT molecular complexity index is 712. The van der Waals surface area contributed by atoms with E-state index in [0.717, 1.165) is 22.7 Å². The molecule has 1 N–H and O–H groups in total. The molecule has 0 fully saturated rings. The molecular formula is C12H15N7. The molecule has 7 nitrogen and oxygen atoms in total. The fourth-order valence-electron chi connectivity index (χ4n) is 2.12. The molecule has 3 aromatic rings. The van der Waals surface area contributed by atoms with Gasteiger partial charge in [-0.25, -0.2) is 9.97 Å². The molecule has 3 aromatic heterocycles. The van der Waals surface area contributed by atoms with Crippen molar-refractivity contribution in [1.82, 2.24) is 29.3 Å². The van der Waals surface area contributed by atoms with Crippen LogP contribution in [0, 0.1) is 0 Å². The molecule has 0 aliphatic heterocycles. The van der Waals surface area contributed by atoms with Crippen molar-refractivity contribution in [2.24, 2.45) is 14.1 Å². The molecule has 0 saturated heterocycles. The molecule has 3 rings (SSSR count). The molecule has 0 radical (unpaired) electrons. The van der Waals surface area contributed by atoms with Gasteiger partial charge in [0.1, 0.15) is 11.8 Å². The van der Waals surface area contributed by atoms with E-state index in [1.807, 2.05) is 36.2 Å². The van der Waals surface area contributed by atoms with Gasteiger partial charge in [-0.2, -0.15) is 0 Å². The first-order chi connectivity index (χ1) is 9.16. The van der Waals surface area contributed by atoms with Gasteiger partial charge in [-0.05, 0) is 13.0 Å². The van der Waals surface area contributed by atoms with Crippen molar-refractivity contribution in [3.8, 4) is 0 Å². The van der Waals surface area contributed by atoms with Gasteiger partial charge in [0, 0.05) is 20.3 Å². The summed E-state index contributed by atoms with van der Waals surface area (Å²) in [6.07, 6.45) is 5.24. The average Bonchev–Trinajstić information content (AvgIpc) is 2.97. The molecule has 1 unspecified atom stereocenters. The van der Waals surface area contributed by atoms with Crippen LogP contribution in [-0.4, -0.2) is 29.3 Å². The molecule has 0 amide bonds. The number of hydrogen-bond donors (Lipinski definition) is 1. The third-order valence-corrected chi connectivity index (χ3v) is 3.13. The van der Waals surface area contributed by atoms with Crippen LogP contribution in [0.3, 0.4) is 0 Å². The lowest BCUT2D eigenvalue weighted by atomic mass is 10.3. The SMILES string of the molecule is CC(Nc1nccc2c1ncn2C)c1nncn1C. The second-order valence-corrected chi connectivity index (χ2v) is 4.55. The number of nitrogens with one attached hydrogen (secondary N) is 1. The van der Waals surface area contributed by atoms with Crippen LogP contribution in [0.1, 0.15) is 18.8 Å². The molecule has 0 aliphatic carbocycles. The summed E-state index contributed by atoms with van der Waals surface area (Å²) in [5.74, 6) is 1.61. The Balaban J connectivity index is 1.95. The van der Waals surface area contributed by atoms with E-state index in [-0.39, 0.29) is 6.04 Å². The molecule has 0 spiro atoms. The van der Waals surface area contributed by atoms with Crippen molar-refractivity contribution >= 4 is 16.9 Å². The molecule has 0 aromatic carbocycles. The lowest BCUT2D eigenvalue weighted by molar-refractivity contribution is 0.717. The van der Waals surface area contributed by atoms with Crippen LogP contribution in [0.15, 0.2) is 24.9 Å². The van der Waals surface area contributed by atoms with Crippen molar-refractivity contribution in [2.45, 2.75) is 13.0 Å². The van der Waals surface area contributed by atoms with Gasteiger partial charge in [-0.15, -0.1) is 10.2 Å². The van der Waals surface area contributed by atoms with E-state index in [0.29, 0.717) is 0 Å². The number of anilines is 1. The second-order valence-electron chi connectivity index (χ2n) is 4.55. The van der Waals surface area contributed by atoms with E-state index in [1.165, 1.54) is 0 Å². The average molecular weight is 257 g/mol. The first-order valence-corrected chi connectivity index (χ1v) is 6.03. The maximum atomic E-state index is 4.37. The third-order valence-electron chi connectivity index (χ3n) is 3.13. The highest BCUT2D eigenvalue weighted by atomic mass is 15.3. The van der Waals surface area contributed by atoms with Crippen LogP contribution in [0.2, 0.25) is 0 Å². The fraction of sp³-hybridized carbons (Fsp3) is 0.333. The minimum atomic E-state index is 0.00704. The Morgan fingerprint density at radius 3 is 2.74 bits per heavy atom. The van der Waals surface area contributed by atoms with Crippen molar-refractivity contribution in [1.29, 1.82) is 0 Å². The summed E-state index contributed by atoms with van der Waals surface area (Å²) in [6.45, 7) is 2.02. The van der Waals surface area contributed by atoms with Gasteiger partial charge in [-0.1, -0.05) is 0 Å². The van der Waals surface area contributed by atoms with Crippen LogP contribution in [-0.2, 0) is 14.1 Å². The molecule has 1 atom stereocenters. The number of hydrogen-bond acceptors (Lipinski definition) is 5. The Kier molecular flexibility index (Phi) is 2.66. The van der Waals surface area contributed by atoms with E-state index < -0.39 is 0 Å². The molecule has 19 heavy (non-hydrogen) atoms. The number of aryl methyl sites for hydroxylation is 2. The zero-order valence-corrected chi connectivity index (χ0v) is 11.1. The van der Waals surface area contributed by atoms with Gasteiger partial charge in [0.25, 0.3) is 0 Å². The van der Waals surface area contributed by atoms with Crippen LogP contribution in [0.25, 0.3) is 11.0 Å². The smallest absolute Gasteiger partial charge is 0.154 e. The topological polar surface area (TPSA) is 73.5 Å². The maximum Gasteiger partial charge on any atom is 0.154 e. The highest BCUT2D eigenvalue weighted by Gasteiger charge is 2.14. The molecule has 0 saturated carbocycles. The summed E-state index contributed by atoms with van der Waals surface area (Å²) in [4.78, 5) is 8.73. The van der Waals surface area contributed by atoms with Crippen molar-refractivity contribution in [2.75, 3.05) is 5.32 Å². The third kappa shape index (κ3) is 1.92. The zero-order chi connectivity index (χ0) is 13.4. The molecule has 0 bridgehead atoms. The van der Waals surface area contributed by atoms with Gasteiger partial charge in [0.15, 0.2) is 11.6 Å². The summed E-state index contributed by atoms with van der Waals surface area (Å²) in [5.41, 5.74) is 1.90. The number of rotatable bonds is 3. The first-order valence-electron chi connectivity index (χ1n) is 6.03. The van der Waals surface area contributed by atoms with Gasteiger partial charge in [0.2, 0.25) is 0 Å².